The van der Waals surface area contributed by atoms with Crippen molar-refractivity contribution < 1.29 is 9.90 Å². The normalized spacial score (nSPS) is 10.2. The fourth-order valence-electron chi connectivity index (χ4n) is 1.50. The van der Waals surface area contributed by atoms with Crippen molar-refractivity contribution in [2.45, 2.75) is 26.7 Å². The van der Waals surface area contributed by atoms with Gasteiger partial charge >= 0.3 is 0 Å². The van der Waals surface area contributed by atoms with Crippen LogP contribution in [0.2, 0.25) is 0 Å². The molecule has 2 heteroatoms. The van der Waals surface area contributed by atoms with Gasteiger partial charge in [0.2, 0.25) is 0 Å². The van der Waals surface area contributed by atoms with E-state index >= 15 is 0 Å². The zero-order valence-corrected chi connectivity index (χ0v) is 8.71. The number of ketones is 1. The van der Waals surface area contributed by atoms with Crippen molar-refractivity contribution in [2.75, 3.05) is 6.61 Å². The molecule has 14 heavy (non-hydrogen) atoms. The Morgan fingerprint density at radius 2 is 2.00 bits per heavy atom. The lowest BCUT2D eigenvalue weighted by atomic mass is 9.98. The summed E-state index contributed by atoms with van der Waals surface area (Å²) >= 11 is 0. The van der Waals surface area contributed by atoms with Crippen LogP contribution in [0.4, 0.5) is 0 Å². The first kappa shape index (κ1) is 10.9. The van der Waals surface area contributed by atoms with Crippen LogP contribution in [0.15, 0.2) is 18.2 Å². The molecule has 0 bridgehead atoms. The first-order chi connectivity index (χ1) is 6.72. The van der Waals surface area contributed by atoms with Crippen molar-refractivity contribution >= 4 is 5.78 Å². The third-order valence-corrected chi connectivity index (χ3v) is 2.41. The van der Waals surface area contributed by atoms with Crippen LogP contribution in [-0.2, 0) is 12.8 Å². The summed E-state index contributed by atoms with van der Waals surface area (Å²) in [7, 11) is 0. The van der Waals surface area contributed by atoms with Crippen LogP contribution in [-0.4, -0.2) is 17.5 Å². The number of aliphatic hydroxyl groups is 1. The second-order valence-corrected chi connectivity index (χ2v) is 3.28. The van der Waals surface area contributed by atoms with E-state index in [2.05, 4.69) is 0 Å². The van der Waals surface area contributed by atoms with Gasteiger partial charge in [-0.2, -0.15) is 0 Å². The van der Waals surface area contributed by atoms with E-state index < -0.39 is 6.61 Å². The Labute approximate surface area is 84.6 Å². The minimum Gasteiger partial charge on any atom is -0.388 e. The van der Waals surface area contributed by atoms with E-state index in [1.54, 1.807) is 0 Å². The number of rotatable bonds is 4. The Morgan fingerprint density at radius 3 is 2.50 bits per heavy atom. The molecule has 1 N–H and O–H groups in total. The van der Waals surface area contributed by atoms with Crippen molar-refractivity contribution in [1.82, 2.24) is 0 Å². The first-order valence-electron chi connectivity index (χ1n) is 4.98. The molecule has 0 spiro atoms. The monoisotopic (exact) mass is 192 g/mol. The van der Waals surface area contributed by atoms with E-state index in [1.807, 2.05) is 32.0 Å². The Kier molecular flexibility index (Phi) is 3.84. The van der Waals surface area contributed by atoms with E-state index in [9.17, 15) is 4.79 Å². The van der Waals surface area contributed by atoms with E-state index in [0.717, 1.165) is 24.0 Å². The van der Waals surface area contributed by atoms with Crippen molar-refractivity contribution in [3.63, 3.8) is 0 Å². The second-order valence-electron chi connectivity index (χ2n) is 3.28. The molecule has 0 heterocycles. The Balaban J connectivity index is 3.14. The van der Waals surface area contributed by atoms with Gasteiger partial charge < -0.3 is 5.11 Å². The quantitative estimate of drug-likeness (QED) is 0.741. The maximum Gasteiger partial charge on any atom is 0.188 e. The lowest BCUT2D eigenvalue weighted by molar-refractivity contribution is 0.0902. The molecule has 0 saturated heterocycles. The van der Waals surface area contributed by atoms with E-state index in [1.165, 1.54) is 0 Å². The van der Waals surface area contributed by atoms with Gasteiger partial charge in [-0.3, -0.25) is 4.79 Å². The molecule has 76 valence electrons. The summed E-state index contributed by atoms with van der Waals surface area (Å²) in [6, 6.07) is 5.89. The third kappa shape index (κ3) is 2.20. The van der Waals surface area contributed by atoms with Gasteiger partial charge in [0.05, 0.1) is 0 Å². The lowest BCUT2D eigenvalue weighted by Crippen LogP contribution is -2.08. The predicted octanol–water partition coefficient (Wildman–Crippen LogP) is 1.99. The van der Waals surface area contributed by atoms with Gasteiger partial charge in [-0.25, -0.2) is 0 Å². The maximum absolute atomic E-state index is 11.4. The van der Waals surface area contributed by atoms with Gasteiger partial charge in [0.15, 0.2) is 5.78 Å². The number of Topliss-reactive ketones (excluding diaryl/α,β-unsaturated/α-hetero) is 1. The van der Waals surface area contributed by atoms with E-state index in [-0.39, 0.29) is 5.78 Å². The van der Waals surface area contributed by atoms with Crippen LogP contribution >= 0.6 is 0 Å². The smallest absolute Gasteiger partial charge is 0.188 e. The van der Waals surface area contributed by atoms with Crippen molar-refractivity contribution in [2.24, 2.45) is 0 Å². The molecule has 0 aliphatic carbocycles. The SMILES string of the molecule is CCc1ccc(CC)c(C(=O)CO)c1. The largest absolute Gasteiger partial charge is 0.388 e. The molecule has 0 amide bonds. The minimum absolute atomic E-state index is 0.183. The standard InChI is InChI=1S/C12H16O2/c1-3-9-5-6-10(4-2)11(7-9)12(14)8-13/h5-7,13H,3-4,8H2,1-2H3. The van der Waals surface area contributed by atoms with Crippen LogP contribution in [0.3, 0.4) is 0 Å². The number of hydrogen-bond donors (Lipinski definition) is 1. The number of carbonyl (C=O) groups excluding carboxylic acids is 1. The molecule has 2 nitrogen and oxygen atoms in total. The topological polar surface area (TPSA) is 37.3 Å². The molecule has 0 fully saturated rings. The van der Waals surface area contributed by atoms with E-state index in [4.69, 9.17) is 5.11 Å². The highest BCUT2D eigenvalue weighted by atomic mass is 16.3. The predicted molar refractivity (Wildman–Crippen MR) is 56.6 cm³/mol. The van der Waals surface area contributed by atoms with Gasteiger partial charge in [0.25, 0.3) is 0 Å². The van der Waals surface area contributed by atoms with Crippen LogP contribution in [0, 0.1) is 0 Å². The number of benzene rings is 1. The summed E-state index contributed by atoms with van der Waals surface area (Å²) in [5.41, 5.74) is 2.83. The van der Waals surface area contributed by atoms with Gasteiger partial charge in [-0.05, 0) is 30.0 Å². The average molecular weight is 192 g/mol. The summed E-state index contributed by atoms with van der Waals surface area (Å²) in [4.78, 5) is 11.4. The lowest BCUT2D eigenvalue weighted by Gasteiger charge is -2.07. The van der Waals surface area contributed by atoms with Crippen LogP contribution in [0.5, 0.6) is 0 Å². The second kappa shape index (κ2) is 4.91. The Hall–Kier alpha value is -1.15. The Bertz CT molecular complexity index is 329. The summed E-state index contributed by atoms with van der Waals surface area (Å²) in [6.45, 7) is 3.66. The molecule has 0 aliphatic rings. The van der Waals surface area contributed by atoms with Gasteiger partial charge in [-0.1, -0.05) is 26.0 Å². The Morgan fingerprint density at radius 1 is 1.29 bits per heavy atom. The van der Waals surface area contributed by atoms with Crippen LogP contribution in [0.1, 0.15) is 35.3 Å². The van der Waals surface area contributed by atoms with Gasteiger partial charge in [-0.15, -0.1) is 0 Å². The molecule has 0 atom stereocenters. The van der Waals surface area contributed by atoms with Gasteiger partial charge in [0.1, 0.15) is 6.61 Å². The molecule has 0 radical (unpaired) electrons. The molecule has 1 rings (SSSR count). The highest BCUT2D eigenvalue weighted by Gasteiger charge is 2.09. The minimum atomic E-state index is -0.403. The summed E-state index contributed by atoms with van der Waals surface area (Å²) in [6.07, 6.45) is 1.74. The number of aryl methyl sites for hydroxylation is 2. The molecule has 1 aromatic carbocycles. The highest BCUT2D eigenvalue weighted by Crippen LogP contribution is 2.14. The van der Waals surface area contributed by atoms with Crippen molar-refractivity contribution in [1.29, 1.82) is 0 Å². The highest BCUT2D eigenvalue weighted by molar-refractivity contribution is 5.98. The summed E-state index contributed by atoms with van der Waals surface area (Å²) in [5.74, 6) is -0.183. The fourth-order valence-corrected chi connectivity index (χ4v) is 1.50. The van der Waals surface area contributed by atoms with Crippen LogP contribution in [0.25, 0.3) is 0 Å². The summed E-state index contributed by atoms with van der Waals surface area (Å²) in [5, 5.41) is 8.82. The third-order valence-electron chi connectivity index (χ3n) is 2.41. The molecule has 0 aliphatic heterocycles. The molecule has 0 saturated carbocycles. The van der Waals surface area contributed by atoms with Gasteiger partial charge in [0, 0.05) is 5.56 Å². The fraction of sp³-hybridized carbons (Fsp3) is 0.417. The first-order valence-corrected chi connectivity index (χ1v) is 4.98. The zero-order valence-electron chi connectivity index (χ0n) is 8.71. The number of aliphatic hydroxyl groups excluding tert-OH is 1. The number of hydrogen-bond acceptors (Lipinski definition) is 2. The average Bonchev–Trinajstić information content (AvgIpc) is 2.27. The number of carbonyl (C=O) groups is 1. The molecule has 0 aromatic heterocycles. The van der Waals surface area contributed by atoms with E-state index in [0.29, 0.717) is 5.56 Å². The van der Waals surface area contributed by atoms with Crippen molar-refractivity contribution in [3.05, 3.63) is 34.9 Å². The zero-order chi connectivity index (χ0) is 10.6. The molecule has 1 aromatic rings. The molecular weight excluding hydrogens is 176 g/mol. The van der Waals surface area contributed by atoms with Crippen molar-refractivity contribution in [3.8, 4) is 0 Å². The molecular formula is C12H16O2. The maximum atomic E-state index is 11.4. The summed E-state index contributed by atoms with van der Waals surface area (Å²) < 4.78 is 0. The van der Waals surface area contributed by atoms with Crippen LogP contribution < -0.4 is 0 Å². The molecule has 0 unspecified atom stereocenters.